The smallest absolute Gasteiger partial charge is 0.252 e. The van der Waals surface area contributed by atoms with Crippen LogP contribution in [0.4, 0.5) is 5.69 Å². The summed E-state index contributed by atoms with van der Waals surface area (Å²) in [5.41, 5.74) is 1.89. The summed E-state index contributed by atoms with van der Waals surface area (Å²) in [5, 5.41) is 3.94. The van der Waals surface area contributed by atoms with Gasteiger partial charge in [-0.25, -0.2) is 0 Å². The first-order chi connectivity index (χ1) is 14.0. The third kappa shape index (κ3) is 5.34. The van der Waals surface area contributed by atoms with Crippen molar-refractivity contribution in [3.63, 3.8) is 0 Å². The van der Waals surface area contributed by atoms with E-state index in [1.165, 1.54) is 5.56 Å². The van der Waals surface area contributed by atoms with E-state index in [-0.39, 0.29) is 18.2 Å². The van der Waals surface area contributed by atoms with E-state index in [1.54, 1.807) is 29.2 Å². The number of hydrogen-bond donors (Lipinski definition) is 1. The van der Waals surface area contributed by atoms with Crippen LogP contribution in [0.25, 0.3) is 0 Å². The molecule has 1 N–H and O–H groups in total. The lowest BCUT2D eigenvalue weighted by Crippen LogP contribution is -2.38. The summed E-state index contributed by atoms with van der Waals surface area (Å²) in [7, 11) is 0. The van der Waals surface area contributed by atoms with Gasteiger partial charge in [0, 0.05) is 23.8 Å². The van der Waals surface area contributed by atoms with E-state index in [0.29, 0.717) is 28.9 Å². The molecular weight excluding hydrogens is 406 g/mol. The van der Waals surface area contributed by atoms with Crippen molar-refractivity contribution in [2.24, 2.45) is 0 Å². The van der Waals surface area contributed by atoms with Crippen LogP contribution in [-0.4, -0.2) is 45.9 Å². The van der Waals surface area contributed by atoms with Crippen LogP contribution in [0.15, 0.2) is 54.6 Å². The molecule has 7 heteroatoms. The van der Waals surface area contributed by atoms with Gasteiger partial charge < -0.3 is 10.2 Å². The van der Waals surface area contributed by atoms with Crippen molar-refractivity contribution in [1.29, 1.82) is 0 Å². The van der Waals surface area contributed by atoms with Crippen LogP contribution in [0.5, 0.6) is 0 Å². The van der Waals surface area contributed by atoms with Crippen molar-refractivity contribution in [1.82, 2.24) is 9.80 Å². The molecule has 5 nitrogen and oxygen atoms in total. The van der Waals surface area contributed by atoms with Gasteiger partial charge in [-0.2, -0.15) is 0 Å². The predicted molar refractivity (Wildman–Crippen MR) is 120 cm³/mol. The van der Waals surface area contributed by atoms with Crippen molar-refractivity contribution in [3.05, 3.63) is 65.2 Å². The number of amides is 2. The van der Waals surface area contributed by atoms with Crippen molar-refractivity contribution in [3.8, 4) is 0 Å². The molecule has 2 amide bonds. The number of carbonyl (C=O) groups excluding carboxylic acids is 2. The Kier molecular flexibility index (Phi) is 7.23. The number of thiocarbonyl (C=S) groups is 1. The number of likely N-dealkylation sites (N-methyl/N-ethyl adjacent to an activating group) is 1. The first-order valence-electron chi connectivity index (χ1n) is 9.71. The third-order valence-corrected chi connectivity index (χ3v) is 5.64. The highest BCUT2D eigenvalue weighted by Gasteiger charge is 2.42. The summed E-state index contributed by atoms with van der Waals surface area (Å²) < 4.78 is 0. The molecule has 29 heavy (non-hydrogen) atoms. The molecular formula is C22H24ClN3O2S. The van der Waals surface area contributed by atoms with Gasteiger partial charge in [0.25, 0.3) is 5.91 Å². The van der Waals surface area contributed by atoms with Crippen LogP contribution in [0, 0.1) is 0 Å². The largest absolute Gasteiger partial charge is 0.336 e. The molecule has 1 aliphatic heterocycles. The lowest BCUT2D eigenvalue weighted by Gasteiger charge is -2.23. The average Bonchev–Trinajstić information content (AvgIpc) is 2.94. The zero-order chi connectivity index (χ0) is 20.8. The van der Waals surface area contributed by atoms with Crippen LogP contribution in [0.1, 0.15) is 25.3 Å². The molecule has 0 radical (unpaired) electrons. The normalized spacial score (nSPS) is 16.4. The Morgan fingerprint density at radius 3 is 2.48 bits per heavy atom. The number of hydrogen-bond acceptors (Lipinski definition) is 3. The fourth-order valence-corrected chi connectivity index (χ4v) is 4.02. The van der Waals surface area contributed by atoms with E-state index >= 15 is 0 Å². The Bertz CT molecular complexity index is 873. The van der Waals surface area contributed by atoms with Gasteiger partial charge in [0.2, 0.25) is 5.91 Å². The summed E-state index contributed by atoms with van der Waals surface area (Å²) in [6.45, 7) is 3.03. The monoisotopic (exact) mass is 429 g/mol. The quantitative estimate of drug-likeness (QED) is 0.641. The molecule has 1 saturated heterocycles. The van der Waals surface area contributed by atoms with Gasteiger partial charge in [0.05, 0.1) is 6.42 Å². The number of halogens is 1. The highest BCUT2D eigenvalue weighted by molar-refractivity contribution is 7.80. The number of aryl methyl sites for hydroxylation is 1. The number of nitrogens with zero attached hydrogens (tertiary/aromatic N) is 2. The molecule has 1 heterocycles. The van der Waals surface area contributed by atoms with E-state index in [0.717, 1.165) is 12.8 Å². The zero-order valence-corrected chi connectivity index (χ0v) is 17.9. The van der Waals surface area contributed by atoms with Crippen molar-refractivity contribution in [2.75, 3.05) is 18.4 Å². The van der Waals surface area contributed by atoms with Crippen LogP contribution in [0.2, 0.25) is 5.02 Å². The van der Waals surface area contributed by atoms with E-state index in [2.05, 4.69) is 17.4 Å². The minimum atomic E-state index is -0.564. The maximum Gasteiger partial charge on any atom is 0.252 e. The molecule has 1 fully saturated rings. The van der Waals surface area contributed by atoms with E-state index in [4.69, 9.17) is 23.8 Å². The Labute approximate surface area is 181 Å². The second kappa shape index (κ2) is 9.85. The highest BCUT2D eigenvalue weighted by Crippen LogP contribution is 2.22. The summed E-state index contributed by atoms with van der Waals surface area (Å²) in [6.07, 6.45) is 1.80. The third-order valence-electron chi connectivity index (χ3n) is 4.93. The summed E-state index contributed by atoms with van der Waals surface area (Å²) >= 11 is 11.4. The molecule has 3 rings (SSSR count). The summed E-state index contributed by atoms with van der Waals surface area (Å²) in [4.78, 5) is 28.9. The van der Waals surface area contributed by atoms with E-state index in [1.807, 2.05) is 30.0 Å². The number of benzene rings is 2. The minimum absolute atomic E-state index is 0.0590. The van der Waals surface area contributed by atoms with Gasteiger partial charge >= 0.3 is 0 Å². The second-order valence-corrected chi connectivity index (χ2v) is 7.72. The Hall–Kier alpha value is -2.44. The Balaban J connectivity index is 1.64. The Morgan fingerprint density at radius 2 is 1.83 bits per heavy atom. The molecule has 152 valence electrons. The fraction of sp³-hybridized carbons (Fsp3) is 0.318. The van der Waals surface area contributed by atoms with Gasteiger partial charge in [0.1, 0.15) is 6.04 Å². The van der Waals surface area contributed by atoms with Gasteiger partial charge in [0.15, 0.2) is 5.11 Å². The standard InChI is InChI=1S/C22H24ClN3O2S/c1-2-25-21(28)19(15-20(27)24-18-12-10-17(23)11-13-18)26(22(25)29)14-6-9-16-7-4-3-5-8-16/h3-5,7-8,10-13,19H,2,6,9,14-15H2,1H3,(H,24,27)/t19-/m0/s1. The zero-order valence-electron chi connectivity index (χ0n) is 16.3. The molecule has 0 spiro atoms. The number of anilines is 1. The van der Waals surface area contributed by atoms with Crippen LogP contribution < -0.4 is 5.32 Å². The number of carbonyl (C=O) groups is 2. The lowest BCUT2D eigenvalue weighted by atomic mass is 10.1. The summed E-state index contributed by atoms with van der Waals surface area (Å²) in [5.74, 6) is -0.331. The topological polar surface area (TPSA) is 52.7 Å². The van der Waals surface area contributed by atoms with Gasteiger partial charge in [-0.1, -0.05) is 41.9 Å². The average molecular weight is 430 g/mol. The molecule has 0 saturated carbocycles. The molecule has 0 unspecified atom stereocenters. The van der Waals surface area contributed by atoms with Crippen LogP contribution in [0.3, 0.4) is 0 Å². The number of nitrogens with one attached hydrogen (secondary N) is 1. The van der Waals surface area contributed by atoms with E-state index < -0.39 is 6.04 Å². The van der Waals surface area contributed by atoms with Gasteiger partial charge in [-0.15, -0.1) is 0 Å². The van der Waals surface area contributed by atoms with Crippen LogP contribution >= 0.6 is 23.8 Å². The molecule has 2 aromatic carbocycles. The molecule has 0 aliphatic carbocycles. The maximum absolute atomic E-state index is 12.8. The minimum Gasteiger partial charge on any atom is -0.336 e. The second-order valence-electron chi connectivity index (χ2n) is 6.92. The van der Waals surface area contributed by atoms with Crippen molar-refractivity contribution in [2.45, 2.75) is 32.2 Å². The first kappa shape index (κ1) is 21.3. The lowest BCUT2D eigenvalue weighted by molar-refractivity contribution is -0.130. The van der Waals surface area contributed by atoms with Crippen LogP contribution in [-0.2, 0) is 16.0 Å². The van der Waals surface area contributed by atoms with E-state index in [9.17, 15) is 9.59 Å². The molecule has 1 atom stereocenters. The molecule has 0 bridgehead atoms. The predicted octanol–water partition coefficient (Wildman–Crippen LogP) is 4.12. The highest BCUT2D eigenvalue weighted by atomic mass is 35.5. The maximum atomic E-state index is 12.8. The van der Waals surface area contributed by atoms with Gasteiger partial charge in [-0.3, -0.25) is 14.5 Å². The molecule has 1 aliphatic rings. The summed E-state index contributed by atoms with van der Waals surface area (Å²) in [6, 6.07) is 16.5. The molecule has 0 aromatic heterocycles. The van der Waals surface area contributed by atoms with Crippen molar-refractivity contribution < 1.29 is 9.59 Å². The number of rotatable bonds is 8. The molecule has 2 aromatic rings. The first-order valence-corrected chi connectivity index (χ1v) is 10.5. The van der Waals surface area contributed by atoms with Crippen molar-refractivity contribution >= 4 is 46.4 Å². The van der Waals surface area contributed by atoms with Gasteiger partial charge in [-0.05, 0) is 61.8 Å². The fourth-order valence-electron chi connectivity index (χ4n) is 3.45. The Morgan fingerprint density at radius 1 is 1.14 bits per heavy atom. The SMILES string of the molecule is CCN1C(=O)[C@H](CC(=O)Nc2ccc(Cl)cc2)N(CCCc2ccccc2)C1=S.